The van der Waals surface area contributed by atoms with E-state index in [-0.39, 0.29) is 0 Å². The highest BCUT2D eigenvalue weighted by Gasteiger charge is 2.49. The second-order valence-electron chi connectivity index (χ2n) is 6.74. The highest BCUT2D eigenvalue weighted by atomic mass is 16.2. The fourth-order valence-corrected chi connectivity index (χ4v) is 4.79. The molecule has 5 rings (SSSR count). The molecule has 88 valence electrons. The van der Waals surface area contributed by atoms with Crippen LogP contribution in [0.4, 0.5) is 0 Å². The minimum atomic E-state index is 0.373. The summed E-state index contributed by atoms with van der Waals surface area (Å²) in [6.45, 7) is 0. The molecule has 0 spiro atoms. The van der Waals surface area contributed by atoms with Crippen molar-refractivity contribution in [3.05, 3.63) is 0 Å². The lowest BCUT2D eigenvalue weighted by Crippen LogP contribution is -2.56. The molecule has 2 heteroatoms. The zero-order valence-corrected chi connectivity index (χ0v) is 9.82. The van der Waals surface area contributed by atoms with Crippen LogP contribution in [0.2, 0.25) is 0 Å². The van der Waals surface area contributed by atoms with Gasteiger partial charge in [-0.3, -0.25) is 4.79 Å². The van der Waals surface area contributed by atoms with Crippen molar-refractivity contribution in [2.45, 2.75) is 51.0 Å². The van der Waals surface area contributed by atoms with Gasteiger partial charge in [-0.1, -0.05) is 0 Å². The van der Waals surface area contributed by atoms with Crippen molar-refractivity contribution in [3.63, 3.8) is 0 Å². The van der Waals surface area contributed by atoms with Crippen molar-refractivity contribution in [1.29, 1.82) is 0 Å². The Morgan fingerprint density at radius 2 is 1.44 bits per heavy atom. The van der Waals surface area contributed by atoms with Gasteiger partial charge in [-0.2, -0.15) is 0 Å². The number of carbonyl (C=O) groups excluding carboxylic acids is 1. The molecule has 5 fully saturated rings. The summed E-state index contributed by atoms with van der Waals surface area (Å²) in [5.41, 5.74) is 0. The van der Waals surface area contributed by atoms with Crippen LogP contribution in [-0.4, -0.2) is 11.9 Å². The van der Waals surface area contributed by atoms with Crippen molar-refractivity contribution >= 4 is 5.91 Å². The van der Waals surface area contributed by atoms with E-state index in [1.54, 1.807) is 0 Å². The minimum Gasteiger partial charge on any atom is -0.353 e. The number of nitrogens with one attached hydrogen (secondary N) is 1. The second-order valence-corrected chi connectivity index (χ2v) is 6.74. The van der Waals surface area contributed by atoms with Gasteiger partial charge < -0.3 is 5.32 Å². The molecule has 16 heavy (non-hydrogen) atoms. The Morgan fingerprint density at radius 3 is 1.94 bits per heavy atom. The predicted octanol–water partition coefficient (Wildman–Crippen LogP) is 2.34. The van der Waals surface area contributed by atoms with Crippen LogP contribution in [0.1, 0.15) is 44.9 Å². The van der Waals surface area contributed by atoms with Crippen molar-refractivity contribution < 1.29 is 4.79 Å². The van der Waals surface area contributed by atoms with Gasteiger partial charge in [-0.05, 0) is 68.6 Å². The number of hydrogen-bond acceptors (Lipinski definition) is 1. The van der Waals surface area contributed by atoms with E-state index in [1.807, 2.05) is 0 Å². The van der Waals surface area contributed by atoms with Crippen LogP contribution in [0.5, 0.6) is 0 Å². The number of carbonyl (C=O) groups is 1. The van der Waals surface area contributed by atoms with Gasteiger partial charge >= 0.3 is 0 Å². The Balaban J connectivity index is 1.49. The fourth-order valence-electron chi connectivity index (χ4n) is 4.79. The Bertz CT molecular complexity index is 293. The highest BCUT2D eigenvalue weighted by molar-refractivity contribution is 5.81. The van der Waals surface area contributed by atoms with E-state index in [9.17, 15) is 4.79 Å². The van der Waals surface area contributed by atoms with Gasteiger partial charge in [0.1, 0.15) is 0 Å². The number of rotatable bonds is 2. The molecular formula is C14H21NO. The summed E-state index contributed by atoms with van der Waals surface area (Å²) in [4.78, 5) is 11.9. The maximum Gasteiger partial charge on any atom is 0.223 e. The van der Waals surface area contributed by atoms with E-state index in [2.05, 4.69) is 5.32 Å². The van der Waals surface area contributed by atoms with Crippen LogP contribution in [0.25, 0.3) is 0 Å². The van der Waals surface area contributed by atoms with Crippen LogP contribution >= 0.6 is 0 Å². The quantitative estimate of drug-likeness (QED) is 0.759. The molecule has 0 aromatic rings. The molecule has 0 aromatic heterocycles. The Morgan fingerprint density at radius 1 is 0.875 bits per heavy atom. The molecule has 1 N–H and O–H groups in total. The summed E-state index contributed by atoms with van der Waals surface area (Å²) in [7, 11) is 0. The Kier molecular flexibility index (Phi) is 1.92. The van der Waals surface area contributed by atoms with Crippen LogP contribution in [-0.2, 0) is 4.79 Å². The third-order valence-corrected chi connectivity index (χ3v) is 5.48. The minimum absolute atomic E-state index is 0.373. The van der Waals surface area contributed by atoms with Crippen LogP contribution in [0.15, 0.2) is 0 Å². The molecule has 1 amide bonds. The van der Waals surface area contributed by atoms with E-state index in [4.69, 9.17) is 0 Å². The zero-order chi connectivity index (χ0) is 10.7. The summed E-state index contributed by atoms with van der Waals surface area (Å²) < 4.78 is 0. The third-order valence-electron chi connectivity index (χ3n) is 5.48. The fraction of sp³-hybridized carbons (Fsp3) is 0.929. The smallest absolute Gasteiger partial charge is 0.223 e. The van der Waals surface area contributed by atoms with Gasteiger partial charge in [0.05, 0.1) is 0 Å². The SMILES string of the molecule is O=C(NC1C2CC3CC(C2)CC1C3)C1CC1. The van der Waals surface area contributed by atoms with Crippen molar-refractivity contribution in [1.82, 2.24) is 5.32 Å². The Labute approximate surface area is 97.2 Å². The van der Waals surface area contributed by atoms with Crippen molar-refractivity contribution in [2.24, 2.45) is 29.6 Å². The van der Waals surface area contributed by atoms with Crippen molar-refractivity contribution in [2.75, 3.05) is 0 Å². The van der Waals surface area contributed by atoms with Gasteiger partial charge in [0.25, 0.3) is 0 Å². The largest absolute Gasteiger partial charge is 0.353 e. The summed E-state index contributed by atoms with van der Waals surface area (Å²) in [5.74, 6) is 4.45. The molecule has 0 heterocycles. The van der Waals surface area contributed by atoms with Gasteiger partial charge in [0, 0.05) is 12.0 Å². The molecule has 0 radical (unpaired) electrons. The molecule has 4 bridgehead atoms. The first-order valence-electron chi connectivity index (χ1n) is 7.10. The molecule has 0 unspecified atom stereocenters. The lowest BCUT2D eigenvalue weighted by molar-refractivity contribution is -0.126. The highest BCUT2D eigenvalue weighted by Crippen LogP contribution is 2.53. The average Bonchev–Trinajstić information content (AvgIpc) is 3.05. The number of hydrogen-bond donors (Lipinski definition) is 1. The van der Waals surface area contributed by atoms with Crippen LogP contribution in [0, 0.1) is 29.6 Å². The first kappa shape index (κ1) is 9.49. The molecule has 2 nitrogen and oxygen atoms in total. The van der Waals surface area contributed by atoms with Crippen LogP contribution < -0.4 is 5.32 Å². The van der Waals surface area contributed by atoms with E-state index >= 15 is 0 Å². The number of amides is 1. The summed E-state index contributed by atoms with van der Waals surface area (Å²) in [6.07, 6.45) is 9.39. The molecule has 0 atom stereocenters. The molecule has 5 aliphatic carbocycles. The summed E-state index contributed by atoms with van der Waals surface area (Å²) in [6, 6.07) is 0.556. The molecule has 5 aliphatic rings. The average molecular weight is 219 g/mol. The zero-order valence-electron chi connectivity index (χ0n) is 9.82. The lowest BCUT2D eigenvalue weighted by atomic mass is 9.54. The van der Waals surface area contributed by atoms with Gasteiger partial charge in [-0.25, -0.2) is 0 Å². The standard InChI is InChI=1S/C14H21NO/c16-14(10-1-2-10)15-13-11-4-8-3-9(6-11)7-12(13)5-8/h8-13H,1-7H2,(H,15,16). The van der Waals surface area contributed by atoms with Gasteiger partial charge in [-0.15, -0.1) is 0 Å². The van der Waals surface area contributed by atoms with Gasteiger partial charge in [0.2, 0.25) is 5.91 Å². The predicted molar refractivity (Wildman–Crippen MR) is 61.7 cm³/mol. The molecular weight excluding hydrogens is 198 g/mol. The van der Waals surface area contributed by atoms with E-state index in [1.165, 1.54) is 32.1 Å². The maximum atomic E-state index is 11.9. The second kappa shape index (κ2) is 3.24. The third kappa shape index (κ3) is 1.42. The first-order valence-corrected chi connectivity index (χ1v) is 7.10. The Hall–Kier alpha value is -0.530. The summed E-state index contributed by atoms with van der Waals surface area (Å²) >= 11 is 0. The summed E-state index contributed by atoms with van der Waals surface area (Å²) in [5, 5.41) is 3.38. The lowest BCUT2D eigenvalue weighted by Gasteiger charge is -2.54. The molecule has 0 saturated heterocycles. The van der Waals surface area contributed by atoms with E-state index < -0.39 is 0 Å². The molecule has 0 aromatic carbocycles. The van der Waals surface area contributed by atoms with E-state index in [0.717, 1.165) is 36.5 Å². The molecule has 0 aliphatic heterocycles. The van der Waals surface area contributed by atoms with E-state index in [0.29, 0.717) is 17.9 Å². The monoisotopic (exact) mass is 219 g/mol. The van der Waals surface area contributed by atoms with Crippen LogP contribution in [0.3, 0.4) is 0 Å². The van der Waals surface area contributed by atoms with Crippen molar-refractivity contribution in [3.8, 4) is 0 Å². The normalized spacial score (nSPS) is 49.4. The first-order chi connectivity index (χ1) is 7.79. The van der Waals surface area contributed by atoms with Gasteiger partial charge in [0.15, 0.2) is 0 Å². The topological polar surface area (TPSA) is 29.1 Å². The maximum absolute atomic E-state index is 11.9. The molecule has 5 saturated carbocycles.